The van der Waals surface area contributed by atoms with E-state index in [1.807, 2.05) is 0 Å². The lowest BCUT2D eigenvalue weighted by molar-refractivity contribution is -0.188. The van der Waals surface area contributed by atoms with E-state index < -0.39 is 44.4 Å². The van der Waals surface area contributed by atoms with Gasteiger partial charge < -0.3 is 25.2 Å². The van der Waals surface area contributed by atoms with Gasteiger partial charge in [0.25, 0.3) is 9.05 Å². The third-order valence-electron chi connectivity index (χ3n) is 2.65. The van der Waals surface area contributed by atoms with E-state index in [9.17, 15) is 28.5 Å². The molecule has 8 nitrogen and oxygen atoms in total. The fourth-order valence-electron chi connectivity index (χ4n) is 1.58. The Hall–Kier alpha value is -0.450. The zero-order chi connectivity index (χ0) is 13.6. The van der Waals surface area contributed by atoms with Crippen LogP contribution in [0.15, 0.2) is 0 Å². The maximum Gasteiger partial charge on any atom is 0.341 e. The fourth-order valence-corrected chi connectivity index (χ4v) is 2.43. The Morgan fingerprint density at radius 2 is 2.00 bits per heavy atom. The van der Waals surface area contributed by atoms with Gasteiger partial charge in [0.05, 0.1) is 6.61 Å². The lowest BCUT2D eigenvalue weighted by Crippen LogP contribution is -2.63. The van der Waals surface area contributed by atoms with E-state index in [1.54, 1.807) is 0 Å². The molecule has 4 N–H and O–H groups in total. The summed E-state index contributed by atoms with van der Waals surface area (Å²) in [7, 11) is 0.273. The van der Waals surface area contributed by atoms with Crippen LogP contribution in [-0.4, -0.2) is 64.2 Å². The van der Waals surface area contributed by atoms with E-state index in [2.05, 4.69) is 4.74 Å². The number of halogens is 1. The van der Waals surface area contributed by atoms with Gasteiger partial charge in [-0.15, -0.1) is 0 Å². The van der Waals surface area contributed by atoms with Crippen LogP contribution in [0.4, 0.5) is 0 Å². The number of aliphatic carboxylic acids is 1. The third kappa shape index (κ3) is 2.14. The van der Waals surface area contributed by atoms with Crippen LogP contribution < -0.4 is 0 Å². The zero-order valence-corrected chi connectivity index (χ0v) is 10.1. The number of carbonyl (C=O) groups is 1. The van der Waals surface area contributed by atoms with Crippen LogP contribution >= 0.6 is 10.7 Å². The van der Waals surface area contributed by atoms with Gasteiger partial charge in [0.2, 0.25) is 5.60 Å². The normalized spacial score (nSPS) is 40.2. The van der Waals surface area contributed by atoms with Crippen LogP contribution in [0.5, 0.6) is 0 Å². The molecule has 4 atom stereocenters. The van der Waals surface area contributed by atoms with Crippen LogP contribution in [0.2, 0.25) is 0 Å². The Labute approximate surface area is 101 Å². The maximum atomic E-state index is 10.9. The van der Waals surface area contributed by atoms with E-state index in [0.29, 0.717) is 0 Å². The number of hydrogen-bond donors (Lipinski definition) is 4. The van der Waals surface area contributed by atoms with Crippen molar-refractivity contribution < 1.29 is 38.4 Å². The minimum atomic E-state index is -4.57. The number of ether oxygens (including phenoxy) is 1. The summed E-state index contributed by atoms with van der Waals surface area (Å²) in [5.41, 5.74) is -7.71. The first-order valence-corrected chi connectivity index (χ1v) is 6.73. The second-order valence-electron chi connectivity index (χ2n) is 3.94. The summed E-state index contributed by atoms with van der Waals surface area (Å²) < 4.78 is 26.4. The average molecular weight is 291 g/mol. The van der Waals surface area contributed by atoms with E-state index >= 15 is 0 Å². The van der Waals surface area contributed by atoms with E-state index in [0.717, 1.165) is 6.92 Å². The highest BCUT2D eigenvalue weighted by atomic mass is 35.7. The molecule has 17 heavy (non-hydrogen) atoms. The number of aliphatic hydroxyl groups excluding tert-OH is 1. The molecular formula is C7H11ClO8S. The highest BCUT2D eigenvalue weighted by molar-refractivity contribution is 8.14. The topological polar surface area (TPSA) is 141 Å². The lowest BCUT2D eigenvalue weighted by Gasteiger charge is -2.33. The predicted molar refractivity (Wildman–Crippen MR) is 53.7 cm³/mol. The van der Waals surface area contributed by atoms with Gasteiger partial charge in [-0.05, 0) is 6.92 Å². The Morgan fingerprint density at radius 1 is 1.53 bits per heavy atom. The van der Waals surface area contributed by atoms with Gasteiger partial charge in [0.15, 0.2) is 5.44 Å². The molecule has 100 valence electrons. The molecule has 0 radical (unpaired) electrons. The van der Waals surface area contributed by atoms with Crippen molar-refractivity contribution in [1.29, 1.82) is 0 Å². The van der Waals surface area contributed by atoms with Crippen molar-refractivity contribution in [2.24, 2.45) is 0 Å². The van der Waals surface area contributed by atoms with Gasteiger partial charge in [0, 0.05) is 10.7 Å². The molecule has 0 aromatic rings. The molecule has 0 saturated carbocycles. The van der Waals surface area contributed by atoms with Crippen LogP contribution in [0.3, 0.4) is 0 Å². The molecule has 0 spiro atoms. The number of rotatable bonds is 3. The van der Waals surface area contributed by atoms with Crippen molar-refractivity contribution in [3.8, 4) is 0 Å². The minimum absolute atomic E-state index is 0.663. The monoisotopic (exact) mass is 290 g/mol. The molecule has 1 unspecified atom stereocenters. The highest BCUT2D eigenvalue weighted by Crippen LogP contribution is 2.38. The second kappa shape index (κ2) is 4.04. The van der Waals surface area contributed by atoms with Crippen LogP contribution in [0.1, 0.15) is 6.92 Å². The molecule has 0 aromatic carbocycles. The van der Waals surface area contributed by atoms with Crippen molar-refractivity contribution in [2.45, 2.75) is 29.7 Å². The van der Waals surface area contributed by atoms with Crippen molar-refractivity contribution in [1.82, 2.24) is 0 Å². The maximum absolute atomic E-state index is 10.9. The largest absolute Gasteiger partial charge is 0.479 e. The SMILES string of the molecule is C[C@]1(O)CO[C@H](C(O)S(=O)(=O)Cl)[C@]1(O)C(=O)O. The summed E-state index contributed by atoms with van der Waals surface area (Å²) in [6, 6.07) is 0. The van der Waals surface area contributed by atoms with Crippen molar-refractivity contribution >= 4 is 25.7 Å². The predicted octanol–water partition coefficient (Wildman–Crippen LogP) is -2.16. The third-order valence-corrected chi connectivity index (χ3v) is 4.02. The van der Waals surface area contributed by atoms with Gasteiger partial charge in [-0.3, -0.25) is 0 Å². The summed E-state index contributed by atoms with van der Waals surface area (Å²) in [5.74, 6) is -1.93. The Bertz CT molecular complexity index is 431. The zero-order valence-electron chi connectivity index (χ0n) is 8.57. The molecule has 0 aliphatic carbocycles. The molecular weight excluding hydrogens is 280 g/mol. The standard InChI is InChI=1S/C7H11ClO8S/c1-6(12)2-16-3(4(9)17(8,14)15)7(6,13)5(10)11/h3-4,9,12-13H,2H2,1H3,(H,10,11)/t3-,4?,6+,7+/m1/s1. The highest BCUT2D eigenvalue weighted by Gasteiger charge is 2.67. The quantitative estimate of drug-likeness (QED) is 0.431. The Balaban J connectivity index is 3.24. The molecule has 1 saturated heterocycles. The number of aliphatic hydroxyl groups is 3. The summed E-state index contributed by atoms with van der Waals surface area (Å²) in [6.45, 7) is 0.276. The summed E-state index contributed by atoms with van der Waals surface area (Å²) in [6.07, 6.45) is -2.09. The van der Waals surface area contributed by atoms with Crippen LogP contribution in [-0.2, 0) is 18.6 Å². The van der Waals surface area contributed by atoms with Crippen molar-refractivity contribution in [3.63, 3.8) is 0 Å². The molecule has 1 rings (SSSR count). The minimum Gasteiger partial charge on any atom is -0.479 e. The number of carboxylic acid groups (broad SMARTS) is 1. The molecule has 0 aromatic heterocycles. The van der Waals surface area contributed by atoms with Gasteiger partial charge >= 0.3 is 5.97 Å². The Kier molecular flexibility index (Phi) is 3.47. The first-order valence-electron chi connectivity index (χ1n) is 4.36. The summed E-state index contributed by atoms with van der Waals surface area (Å²) in [5, 5.41) is 37.7. The van der Waals surface area contributed by atoms with Crippen molar-refractivity contribution in [3.05, 3.63) is 0 Å². The summed E-state index contributed by atoms with van der Waals surface area (Å²) in [4.78, 5) is 10.9. The van der Waals surface area contributed by atoms with Crippen molar-refractivity contribution in [2.75, 3.05) is 6.61 Å². The first-order chi connectivity index (χ1) is 7.44. The molecule has 1 aliphatic rings. The molecule has 0 bridgehead atoms. The molecule has 0 amide bonds. The average Bonchev–Trinajstić information content (AvgIpc) is 2.37. The van der Waals surface area contributed by atoms with Crippen LogP contribution in [0, 0.1) is 0 Å². The fraction of sp³-hybridized carbons (Fsp3) is 0.857. The van der Waals surface area contributed by atoms with E-state index in [4.69, 9.17) is 15.8 Å². The molecule has 1 fully saturated rings. The number of hydrogen-bond acceptors (Lipinski definition) is 7. The van der Waals surface area contributed by atoms with E-state index in [-0.39, 0.29) is 0 Å². The van der Waals surface area contributed by atoms with Gasteiger partial charge in [-0.25, -0.2) is 13.2 Å². The smallest absolute Gasteiger partial charge is 0.341 e. The molecule has 10 heteroatoms. The molecule has 1 aliphatic heterocycles. The Morgan fingerprint density at radius 3 is 2.35 bits per heavy atom. The summed E-state index contributed by atoms with van der Waals surface area (Å²) >= 11 is 0. The first kappa shape index (κ1) is 14.6. The van der Waals surface area contributed by atoms with Crippen LogP contribution in [0.25, 0.3) is 0 Å². The number of carboxylic acids is 1. The van der Waals surface area contributed by atoms with E-state index in [1.165, 1.54) is 0 Å². The lowest BCUT2D eigenvalue weighted by atomic mass is 9.83. The van der Waals surface area contributed by atoms with Gasteiger partial charge in [0.1, 0.15) is 11.7 Å². The molecule has 1 heterocycles. The van der Waals surface area contributed by atoms with Gasteiger partial charge in [-0.1, -0.05) is 0 Å². The second-order valence-corrected chi connectivity index (χ2v) is 6.67. The van der Waals surface area contributed by atoms with Gasteiger partial charge in [-0.2, -0.15) is 0 Å².